The molecule has 3 N–H and O–H groups in total. The molecule has 1 aromatic rings. The Bertz CT molecular complexity index is 389. The third kappa shape index (κ3) is 3.51. The molecule has 16 heavy (non-hydrogen) atoms. The van der Waals surface area contributed by atoms with Gasteiger partial charge in [-0.3, -0.25) is 4.79 Å². The lowest BCUT2D eigenvalue weighted by atomic mass is 10.2. The predicted octanol–water partition coefficient (Wildman–Crippen LogP) is 1.14. The van der Waals surface area contributed by atoms with E-state index in [-0.39, 0.29) is 11.7 Å². The monoisotopic (exact) mass is 238 g/mol. The first-order valence-electron chi connectivity index (χ1n) is 4.83. The molecule has 86 valence electrons. The Balaban J connectivity index is 2.63. The number of phenolic OH excluding ortho intramolecular Hbond substituents is 1. The Morgan fingerprint density at radius 2 is 2.00 bits per heavy atom. The van der Waals surface area contributed by atoms with Gasteiger partial charge < -0.3 is 15.7 Å². The van der Waals surface area contributed by atoms with Gasteiger partial charge in [0.25, 0.3) is 5.91 Å². The molecule has 0 heterocycles. The first-order chi connectivity index (χ1) is 7.50. The number of hydrogen-bond acceptors (Lipinski definition) is 3. The highest BCUT2D eigenvalue weighted by molar-refractivity contribution is 7.80. The van der Waals surface area contributed by atoms with Crippen molar-refractivity contribution in [1.29, 1.82) is 0 Å². The van der Waals surface area contributed by atoms with Gasteiger partial charge in [-0.05, 0) is 24.3 Å². The highest BCUT2D eigenvalue weighted by atomic mass is 32.1. The molecule has 0 saturated carbocycles. The van der Waals surface area contributed by atoms with E-state index in [1.165, 1.54) is 12.1 Å². The molecule has 1 rings (SSSR count). The number of nitrogens with two attached hydrogens (primary N) is 1. The van der Waals surface area contributed by atoms with Gasteiger partial charge in [-0.1, -0.05) is 12.2 Å². The molecule has 0 fully saturated rings. The Morgan fingerprint density at radius 3 is 2.50 bits per heavy atom. The zero-order chi connectivity index (χ0) is 12.1. The Hall–Kier alpha value is -1.62. The molecule has 0 radical (unpaired) electrons. The predicted molar refractivity (Wildman–Crippen MR) is 66.5 cm³/mol. The summed E-state index contributed by atoms with van der Waals surface area (Å²) in [7, 11) is 1.69. The van der Waals surface area contributed by atoms with Crippen LogP contribution in [0.3, 0.4) is 0 Å². The fraction of sp³-hybridized carbons (Fsp3) is 0.273. The van der Waals surface area contributed by atoms with E-state index in [0.717, 1.165) is 0 Å². The maximum absolute atomic E-state index is 11.8. The number of carbonyl (C=O) groups excluding carboxylic acids is 1. The second kappa shape index (κ2) is 5.46. The summed E-state index contributed by atoms with van der Waals surface area (Å²) in [5.74, 6) is 0.0265. The second-order valence-electron chi connectivity index (χ2n) is 3.49. The van der Waals surface area contributed by atoms with E-state index in [2.05, 4.69) is 0 Å². The summed E-state index contributed by atoms with van der Waals surface area (Å²) in [5.41, 5.74) is 5.89. The number of nitrogens with zero attached hydrogens (tertiary/aromatic N) is 1. The molecule has 5 heteroatoms. The average molecular weight is 238 g/mol. The van der Waals surface area contributed by atoms with Crippen LogP contribution in [0.25, 0.3) is 0 Å². The van der Waals surface area contributed by atoms with Crippen LogP contribution in [-0.4, -0.2) is 34.5 Å². The van der Waals surface area contributed by atoms with Crippen LogP contribution >= 0.6 is 12.2 Å². The molecule has 0 aliphatic rings. The van der Waals surface area contributed by atoms with Gasteiger partial charge in [-0.2, -0.15) is 0 Å². The van der Waals surface area contributed by atoms with Gasteiger partial charge in [0.05, 0.1) is 4.99 Å². The summed E-state index contributed by atoms with van der Waals surface area (Å²) < 4.78 is 0. The maximum atomic E-state index is 11.8. The largest absolute Gasteiger partial charge is 0.508 e. The van der Waals surface area contributed by atoms with Crippen LogP contribution in [0.15, 0.2) is 24.3 Å². The van der Waals surface area contributed by atoms with Crippen molar-refractivity contribution in [2.24, 2.45) is 5.73 Å². The summed E-state index contributed by atoms with van der Waals surface area (Å²) in [6.07, 6.45) is 0.510. The van der Waals surface area contributed by atoms with Gasteiger partial charge >= 0.3 is 0 Å². The minimum atomic E-state index is -0.115. The summed E-state index contributed by atoms with van der Waals surface area (Å²) >= 11 is 4.74. The van der Waals surface area contributed by atoms with Crippen LogP contribution in [0.1, 0.15) is 16.8 Å². The molecule has 1 aromatic carbocycles. The van der Waals surface area contributed by atoms with Gasteiger partial charge in [0.2, 0.25) is 0 Å². The van der Waals surface area contributed by atoms with Crippen LogP contribution in [0.2, 0.25) is 0 Å². The van der Waals surface area contributed by atoms with Crippen LogP contribution in [-0.2, 0) is 0 Å². The topological polar surface area (TPSA) is 66.6 Å². The third-order valence-corrected chi connectivity index (χ3v) is 2.36. The quantitative estimate of drug-likeness (QED) is 0.772. The van der Waals surface area contributed by atoms with Crippen molar-refractivity contribution in [2.45, 2.75) is 6.42 Å². The summed E-state index contributed by atoms with van der Waals surface area (Å²) in [6.45, 7) is 0.495. The van der Waals surface area contributed by atoms with E-state index < -0.39 is 0 Å². The molecule has 0 unspecified atom stereocenters. The third-order valence-electron chi connectivity index (χ3n) is 2.15. The standard InChI is InChI=1S/C11H14N2O2S/c1-13(7-6-10(12)16)11(15)8-2-4-9(14)5-3-8/h2-5,14H,6-7H2,1H3,(H2,12,16). The lowest BCUT2D eigenvalue weighted by Gasteiger charge is -2.16. The number of rotatable bonds is 4. The molecule has 4 nitrogen and oxygen atoms in total. The number of amides is 1. The minimum Gasteiger partial charge on any atom is -0.508 e. The molecule has 0 aliphatic carbocycles. The van der Waals surface area contributed by atoms with Gasteiger partial charge in [0, 0.05) is 25.6 Å². The SMILES string of the molecule is CN(CCC(N)=S)C(=O)c1ccc(O)cc1. The summed E-state index contributed by atoms with van der Waals surface area (Å²) in [4.78, 5) is 13.8. The lowest BCUT2D eigenvalue weighted by molar-refractivity contribution is 0.0799. The van der Waals surface area contributed by atoms with Gasteiger partial charge in [-0.25, -0.2) is 0 Å². The minimum absolute atomic E-state index is 0.115. The van der Waals surface area contributed by atoms with E-state index in [1.807, 2.05) is 0 Å². The smallest absolute Gasteiger partial charge is 0.253 e. The number of thiocarbonyl (C=S) groups is 1. The van der Waals surface area contributed by atoms with Gasteiger partial charge in [-0.15, -0.1) is 0 Å². The normalized spacial score (nSPS) is 9.81. The molecule has 1 amide bonds. The van der Waals surface area contributed by atoms with Crippen molar-refractivity contribution < 1.29 is 9.90 Å². The molecule has 0 saturated heterocycles. The maximum Gasteiger partial charge on any atom is 0.253 e. The number of hydrogen-bond donors (Lipinski definition) is 2. The van der Waals surface area contributed by atoms with Crippen molar-refractivity contribution >= 4 is 23.1 Å². The molecular weight excluding hydrogens is 224 g/mol. The van der Waals surface area contributed by atoms with E-state index in [9.17, 15) is 4.79 Å². The molecule has 0 spiro atoms. The fourth-order valence-corrected chi connectivity index (χ4v) is 1.30. The average Bonchev–Trinajstić information content (AvgIpc) is 2.26. The van der Waals surface area contributed by atoms with E-state index >= 15 is 0 Å². The second-order valence-corrected chi connectivity index (χ2v) is 4.01. The fourth-order valence-electron chi connectivity index (χ4n) is 1.20. The zero-order valence-electron chi connectivity index (χ0n) is 9.01. The highest BCUT2D eigenvalue weighted by Gasteiger charge is 2.11. The Kier molecular flexibility index (Phi) is 4.25. The molecular formula is C11H14N2O2S. The van der Waals surface area contributed by atoms with E-state index in [4.69, 9.17) is 23.1 Å². The van der Waals surface area contributed by atoms with Crippen LogP contribution in [0.4, 0.5) is 0 Å². The van der Waals surface area contributed by atoms with Crippen LogP contribution in [0.5, 0.6) is 5.75 Å². The Morgan fingerprint density at radius 1 is 1.44 bits per heavy atom. The van der Waals surface area contributed by atoms with E-state index in [1.54, 1.807) is 24.1 Å². The molecule has 0 aliphatic heterocycles. The number of carbonyl (C=O) groups is 1. The Labute approximate surface area is 99.7 Å². The molecule has 0 atom stereocenters. The van der Waals surface area contributed by atoms with Gasteiger partial charge in [0.15, 0.2) is 0 Å². The van der Waals surface area contributed by atoms with Crippen molar-refractivity contribution in [1.82, 2.24) is 4.90 Å². The van der Waals surface area contributed by atoms with Crippen LogP contribution in [0, 0.1) is 0 Å². The number of phenols is 1. The number of aromatic hydroxyl groups is 1. The first kappa shape index (κ1) is 12.4. The summed E-state index contributed by atoms with van der Waals surface area (Å²) in [5, 5.41) is 9.09. The molecule has 0 bridgehead atoms. The zero-order valence-corrected chi connectivity index (χ0v) is 9.83. The van der Waals surface area contributed by atoms with Crippen LogP contribution < -0.4 is 5.73 Å². The lowest BCUT2D eigenvalue weighted by Crippen LogP contribution is -2.29. The van der Waals surface area contributed by atoms with Crippen molar-refractivity contribution in [2.75, 3.05) is 13.6 Å². The van der Waals surface area contributed by atoms with Gasteiger partial charge in [0.1, 0.15) is 5.75 Å². The van der Waals surface area contributed by atoms with Crippen molar-refractivity contribution in [3.8, 4) is 5.75 Å². The first-order valence-corrected chi connectivity index (χ1v) is 5.24. The van der Waals surface area contributed by atoms with Crippen molar-refractivity contribution in [3.05, 3.63) is 29.8 Å². The summed E-state index contributed by atoms with van der Waals surface area (Å²) in [6, 6.07) is 6.12. The van der Waals surface area contributed by atoms with Crippen molar-refractivity contribution in [3.63, 3.8) is 0 Å². The highest BCUT2D eigenvalue weighted by Crippen LogP contribution is 2.11. The number of benzene rings is 1. The molecule has 0 aromatic heterocycles. The van der Waals surface area contributed by atoms with E-state index in [0.29, 0.717) is 23.5 Å².